The number of rotatable bonds is 3. The van der Waals surface area contributed by atoms with Crippen molar-refractivity contribution in [1.82, 2.24) is 4.98 Å². The fourth-order valence-electron chi connectivity index (χ4n) is 1.67. The van der Waals surface area contributed by atoms with Gasteiger partial charge in [-0.15, -0.1) is 0 Å². The Kier molecular flexibility index (Phi) is 3.67. The zero-order valence-corrected chi connectivity index (χ0v) is 11.0. The molecule has 92 valence electrons. The van der Waals surface area contributed by atoms with Crippen molar-refractivity contribution in [3.05, 3.63) is 53.3 Å². The Hall–Kier alpha value is -1.81. The second-order valence-electron chi connectivity index (χ2n) is 4.05. The summed E-state index contributed by atoms with van der Waals surface area (Å²) in [4.78, 5) is 16.8. The van der Waals surface area contributed by atoms with Gasteiger partial charge in [-0.25, -0.2) is 4.79 Å². The number of nitrogens with zero attached hydrogens (tertiary/aromatic N) is 1. The normalized spacial score (nSPS) is 10.3. The third-order valence-corrected chi connectivity index (χ3v) is 3.79. The third kappa shape index (κ3) is 2.71. The molecule has 0 saturated heterocycles. The summed E-state index contributed by atoms with van der Waals surface area (Å²) < 4.78 is 0. The lowest BCUT2D eigenvalue weighted by atomic mass is 10.2. The van der Waals surface area contributed by atoms with E-state index < -0.39 is 5.97 Å². The van der Waals surface area contributed by atoms with Gasteiger partial charge in [0.15, 0.2) is 0 Å². The van der Waals surface area contributed by atoms with Crippen LogP contribution in [-0.2, 0) is 0 Å². The average molecular weight is 259 g/mol. The molecule has 2 aromatic rings. The topological polar surface area (TPSA) is 50.2 Å². The van der Waals surface area contributed by atoms with E-state index in [1.54, 1.807) is 6.20 Å². The second kappa shape index (κ2) is 5.23. The van der Waals surface area contributed by atoms with E-state index >= 15 is 0 Å². The number of pyridine rings is 1. The molecule has 0 saturated carbocycles. The standard InChI is InChI=1S/C14H13NO2S/c1-9-3-4-12(10(2)7-9)18-13-8-15-6-5-11(13)14(16)17/h3-8H,1-2H3,(H,16,17). The van der Waals surface area contributed by atoms with Crippen molar-refractivity contribution in [3.8, 4) is 0 Å². The van der Waals surface area contributed by atoms with Gasteiger partial charge in [0, 0.05) is 22.2 Å². The maximum atomic E-state index is 11.1. The van der Waals surface area contributed by atoms with Crippen molar-refractivity contribution in [2.24, 2.45) is 0 Å². The number of carbonyl (C=O) groups is 1. The number of hydrogen-bond acceptors (Lipinski definition) is 3. The zero-order valence-electron chi connectivity index (χ0n) is 10.2. The lowest BCUT2D eigenvalue weighted by molar-refractivity contribution is 0.0693. The molecule has 0 bridgehead atoms. The van der Waals surface area contributed by atoms with Crippen LogP contribution in [0.3, 0.4) is 0 Å². The van der Waals surface area contributed by atoms with Crippen LogP contribution in [0.4, 0.5) is 0 Å². The molecule has 18 heavy (non-hydrogen) atoms. The van der Waals surface area contributed by atoms with E-state index in [4.69, 9.17) is 5.11 Å². The van der Waals surface area contributed by atoms with Gasteiger partial charge in [-0.1, -0.05) is 29.5 Å². The van der Waals surface area contributed by atoms with Gasteiger partial charge < -0.3 is 5.11 Å². The van der Waals surface area contributed by atoms with Crippen molar-refractivity contribution in [2.45, 2.75) is 23.6 Å². The Morgan fingerprint density at radius 2 is 2.00 bits per heavy atom. The fourth-order valence-corrected chi connectivity index (χ4v) is 2.64. The van der Waals surface area contributed by atoms with Crippen LogP contribution in [0.2, 0.25) is 0 Å². The average Bonchev–Trinajstić information content (AvgIpc) is 2.33. The van der Waals surface area contributed by atoms with Crippen LogP contribution in [-0.4, -0.2) is 16.1 Å². The molecule has 0 atom stereocenters. The molecule has 3 nitrogen and oxygen atoms in total. The van der Waals surface area contributed by atoms with Gasteiger partial charge in [0.2, 0.25) is 0 Å². The smallest absolute Gasteiger partial charge is 0.336 e. The van der Waals surface area contributed by atoms with Crippen molar-refractivity contribution < 1.29 is 9.90 Å². The maximum Gasteiger partial charge on any atom is 0.336 e. The van der Waals surface area contributed by atoms with Gasteiger partial charge >= 0.3 is 5.97 Å². The van der Waals surface area contributed by atoms with E-state index in [2.05, 4.69) is 11.1 Å². The molecule has 1 heterocycles. The quantitative estimate of drug-likeness (QED) is 0.915. The molecule has 0 amide bonds. The molecular weight excluding hydrogens is 246 g/mol. The summed E-state index contributed by atoms with van der Waals surface area (Å²) in [5.74, 6) is -0.926. The molecule has 0 aliphatic rings. The highest BCUT2D eigenvalue weighted by atomic mass is 32.2. The van der Waals surface area contributed by atoms with E-state index in [0.29, 0.717) is 4.90 Å². The summed E-state index contributed by atoms with van der Waals surface area (Å²) in [5.41, 5.74) is 2.62. The lowest BCUT2D eigenvalue weighted by Crippen LogP contribution is -1.99. The maximum absolute atomic E-state index is 11.1. The Bertz CT molecular complexity index is 596. The molecule has 2 rings (SSSR count). The summed E-state index contributed by atoms with van der Waals surface area (Å²) >= 11 is 1.43. The summed E-state index contributed by atoms with van der Waals surface area (Å²) in [6.07, 6.45) is 3.09. The van der Waals surface area contributed by atoms with E-state index in [1.807, 2.05) is 26.0 Å². The number of benzene rings is 1. The highest BCUT2D eigenvalue weighted by Crippen LogP contribution is 2.32. The third-order valence-electron chi connectivity index (χ3n) is 2.57. The first-order valence-electron chi connectivity index (χ1n) is 5.50. The van der Waals surface area contributed by atoms with Crippen LogP contribution in [0.5, 0.6) is 0 Å². The second-order valence-corrected chi connectivity index (χ2v) is 5.13. The minimum atomic E-state index is -0.926. The molecule has 0 spiro atoms. The number of carboxylic acid groups (broad SMARTS) is 1. The van der Waals surface area contributed by atoms with Crippen LogP contribution in [0.15, 0.2) is 46.5 Å². The number of hydrogen-bond donors (Lipinski definition) is 1. The molecular formula is C14H13NO2S. The molecule has 4 heteroatoms. The Balaban J connectivity index is 2.37. The molecule has 0 aliphatic heterocycles. The van der Waals surface area contributed by atoms with E-state index in [9.17, 15) is 4.79 Å². The first-order chi connectivity index (χ1) is 8.58. The van der Waals surface area contributed by atoms with Gasteiger partial charge in [-0.2, -0.15) is 0 Å². The minimum Gasteiger partial charge on any atom is -0.478 e. The highest BCUT2D eigenvalue weighted by Gasteiger charge is 2.11. The van der Waals surface area contributed by atoms with Crippen LogP contribution < -0.4 is 0 Å². The molecule has 0 radical (unpaired) electrons. The summed E-state index contributed by atoms with van der Waals surface area (Å²) in [5, 5.41) is 9.12. The van der Waals surface area contributed by atoms with E-state index in [1.165, 1.54) is 29.6 Å². The van der Waals surface area contributed by atoms with Crippen LogP contribution in [0.1, 0.15) is 21.5 Å². The van der Waals surface area contributed by atoms with Crippen molar-refractivity contribution >= 4 is 17.7 Å². The molecule has 1 aromatic heterocycles. The Morgan fingerprint density at radius 1 is 1.22 bits per heavy atom. The van der Waals surface area contributed by atoms with Gasteiger partial charge in [-0.3, -0.25) is 4.98 Å². The van der Waals surface area contributed by atoms with Gasteiger partial charge in [0.05, 0.1) is 5.56 Å². The minimum absolute atomic E-state index is 0.287. The SMILES string of the molecule is Cc1ccc(Sc2cnccc2C(=O)O)c(C)c1. The molecule has 0 unspecified atom stereocenters. The number of aryl methyl sites for hydroxylation is 2. The van der Waals surface area contributed by atoms with Crippen LogP contribution in [0, 0.1) is 13.8 Å². The van der Waals surface area contributed by atoms with Crippen molar-refractivity contribution in [2.75, 3.05) is 0 Å². The molecule has 1 aromatic carbocycles. The molecule has 0 aliphatic carbocycles. The van der Waals surface area contributed by atoms with E-state index in [0.717, 1.165) is 10.5 Å². The molecule has 0 fully saturated rings. The summed E-state index contributed by atoms with van der Waals surface area (Å²) in [6, 6.07) is 7.63. The number of aromatic nitrogens is 1. The predicted molar refractivity (Wildman–Crippen MR) is 71.2 cm³/mol. The Morgan fingerprint density at radius 3 is 2.67 bits per heavy atom. The predicted octanol–water partition coefficient (Wildman–Crippen LogP) is 3.55. The van der Waals surface area contributed by atoms with Gasteiger partial charge in [-0.05, 0) is 31.5 Å². The first kappa shape index (κ1) is 12.6. The van der Waals surface area contributed by atoms with Crippen molar-refractivity contribution in [1.29, 1.82) is 0 Å². The van der Waals surface area contributed by atoms with Gasteiger partial charge in [0.1, 0.15) is 0 Å². The molecule has 1 N–H and O–H groups in total. The van der Waals surface area contributed by atoms with Gasteiger partial charge in [0.25, 0.3) is 0 Å². The summed E-state index contributed by atoms with van der Waals surface area (Å²) in [6.45, 7) is 4.06. The largest absolute Gasteiger partial charge is 0.478 e. The zero-order chi connectivity index (χ0) is 13.1. The number of aromatic carboxylic acids is 1. The van der Waals surface area contributed by atoms with Crippen molar-refractivity contribution in [3.63, 3.8) is 0 Å². The number of carboxylic acids is 1. The van der Waals surface area contributed by atoms with E-state index in [-0.39, 0.29) is 5.56 Å². The lowest BCUT2D eigenvalue weighted by Gasteiger charge is -2.08. The van der Waals surface area contributed by atoms with Crippen LogP contribution >= 0.6 is 11.8 Å². The fraction of sp³-hybridized carbons (Fsp3) is 0.143. The Labute approximate surface area is 110 Å². The monoisotopic (exact) mass is 259 g/mol. The highest BCUT2D eigenvalue weighted by molar-refractivity contribution is 7.99. The van der Waals surface area contributed by atoms with Crippen LogP contribution in [0.25, 0.3) is 0 Å². The first-order valence-corrected chi connectivity index (χ1v) is 6.32. The summed E-state index contributed by atoms with van der Waals surface area (Å²) in [7, 11) is 0.